The highest BCUT2D eigenvalue weighted by atomic mass is 32.1. The minimum absolute atomic E-state index is 0.631. The fourth-order valence-corrected chi connectivity index (χ4v) is 22.0. The first-order valence-corrected chi connectivity index (χ1v) is 44.9. The van der Waals surface area contributed by atoms with Crippen molar-refractivity contribution in [2.45, 2.75) is 0 Å². The van der Waals surface area contributed by atoms with Gasteiger partial charge >= 0.3 is 0 Å². The summed E-state index contributed by atoms with van der Waals surface area (Å²) in [6, 6.07) is 157. The van der Waals surface area contributed by atoms with Crippen molar-refractivity contribution >= 4 is 184 Å². The van der Waals surface area contributed by atoms with Crippen molar-refractivity contribution in [2.24, 2.45) is 0 Å². The van der Waals surface area contributed by atoms with Gasteiger partial charge in [-0.15, -0.1) is 11.3 Å². The zero-order chi connectivity index (χ0) is 85.2. The Morgan fingerprint density at radius 1 is 0.192 bits per heavy atom. The maximum atomic E-state index is 6.57. The first-order chi connectivity index (χ1) is 64.5. The molecule has 20 aromatic carbocycles. The van der Waals surface area contributed by atoms with Crippen LogP contribution in [0.4, 0.5) is 0 Å². The molecule has 10 heteroatoms. The molecule has 0 aliphatic rings. The van der Waals surface area contributed by atoms with E-state index in [2.05, 4.69) is 443 Å². The fourth-order valence-electron chi connectivity index (χ4n) is 20.8. The zero-order valence-corrected chi connectivity index (χ0v) is 70.8. The van der Waals surface area contributed by atoms with Crippen LogP contribution >= 0.6 is 11.3 Å². The number of hydrogen-bond acceptors (Lipinski definition) is 6. The van der Waals surface area contributed by atoms with Crippen molar-refractivity contribution in [2.75, 3.05) is 0 Å². The molecule has 8 aromatic heterocycles. The van der Waals surface area contributed by atoms with Crippen molar-refractivity contribution in [3.63, 3.8) is 0 Å². The van der Waals surface area contributed by atoms with E-state index in [1.165, 1.54) is 85.5 Å². The third-order valence-corrected chi connectivity index (χ3v) is 27.9. The molecule has 0 unspecified atom stereocenters. The molecule has 604 valence electrons. The summed E-state index contributed by atoms with van der Waals surface area (Å²) in [5, 5.41) is 23.6. The van der Waals surface area contributed by atoms with Crippen LogP contribution in [0, 0.1) is 0 Å². The van der Waals surface area contributed by atoms with Crippen LogP contribution in [0.1, 0.15) is 0 Å². The van der Waals surface area contributed by atoms with E-state index >= 15 is 0 Å². The van der Waals surface area contributed by atoms with Gasteiger partial charge in [0.1, 0.15) is 5.58 Å². The van der Waals surface area contributed by atoms with Gasteiger partial charge in [0.05, 0.1) is 83.0 Å². The largest absolute Gasteiger partial charge is 0.454 e. The lowest BCUT2D eigenvalue weighted by molar-refractivity contribution is 0.666. The van der Waals surface area contributed by atoms with E-state index in [4.69, 9.17) is 24.4 Å². The van der Waals surface area contributed by atoms with E-state index in [9.17, 15) is 0 Å². The van der Waals surface area contributed by atoms with Gasteiger partial charge in [0, 0.05) is 91.6 Å². The lowest BCUT2D eigenvalue weighted by Crippen LogP contribution is -2.04. The third-order valence-electron chi connectivity index (χ3n) is 26.7. The number of thiophene rings is 1. The summed E-state index contributed by atoms with van der Waals surface area (Å²) < 4.78 is 18.5. The Hall–Kier alpha value is -17.2. The standard InChI is InChI=1S/C60H36N4O.C60H36N4S/c2*1-3-18-41-37(14-1)16-11-23-43(41)51-36-52(44-24-12-17-38-15-2-4-19-42(38)44)62-60(61-51)64-54-27-9-6-21-46(54)50-35-40(31-33-56(50)64)39-30-32-55-49(34-39)45-20-5-8-26-53(45)63(55)57-28-13-25-48-47-22-7-10-29-58(47)65-59(48)57/h2*1-36H. The minimum Gasteiger partial charge on any atom is -0.454 e. The van der Waals surface area contributed by atoms with E-state index in [1.54, 1.807) is 0 Å². The number of para-hydroxylation sites is 6. The average Bonchev–Trinajstić information content (AvgIpc) is 1.57. The molecule has 130 heavy (non-hydrogen) atoms. The van der Waals surface area contributed by atoms with Gasteiger partial charge in [0.2, 0.25) is 11.9 Å². The van der Waals surface area contributed by atoms with Gasteiger partial charge in [-0.2, -0.15) is 0 Å². The van der Waals surface area contributed by atoms with Crippen LogP contribution in [0.15, 0.2) is 441 Å². The van der Waals surface area contributed by atoms with Gasteiger partial charge in [-0.3, -0.25) is 9.13 Å². The molecule has 0 atom stereocenters. The number of furan rings is 1. The molecule has 0 amide bonds. The maximum Gasteiger partial charge on any atom is 0.235 e. The molecule has 0 fully saturated rings. The third kappa shape index (κ3) is 11.5. The summed E-state index contributed by atoms with van der Waals surface area (Å²) in [7, 11) is 0. The molecule has 0 aliphatic carbocycles. The molecule has 0 saturated carbocycles. The number of benzene rings is 20. The van der Waals surface area contributed by atoms with Gasteiger partial charge in [-0.05, 0) is 175 Å². The van der Waals surface area contributed by atoms with Crippen LogP contribution in [0.3, 0.4) is 0 Å². The summed E-state index contributed by atoms with van der Waals surface area (Å²) in [6.07, 6.45) is 0. The average molecular weight is 1670 g/mol. The molecule has 0 radical (unpaired) electrons. The maximum absolute atomic E-state index is 6.57. The molecule has 9 nitrogen and oxygen atoms in total. The molecule has 0 N–H and O–H groups in total. The summed E-state index contributed by atoms with van der Waals surface area (Å²) in [5.41, 5.74) is 25.4. The van der Waals surface area contributed by atoms with Gasteiger partial charge < -0.3 is 13.6 Å². The SMILES string of the molecule is c1ccc2c(-c3cc(-c4cccc5ccccc45)nc(-n4c5ccccc5c5cc(-c6ccc7c(c6)c6ccccc6n7-c6cccc7c6oc6ccccc67)ccc54)n3)cccc2c1.c1ccc2c(-c3cc(-c4cccc5ccccc45)nc(-n4c5ccccc5c5cc(-c6ccc7c(c6)c6ccccc6n7-c6cccc7c6sc6ccccc67)ccc54)n3)cccc2c1. The molecular formula is C120H72N8OS. The van der Waals surface area contributed by atoms with Crippen molar-refractivity contribution in [3.8, 4) is 90.6 Å². The van der Waals surface area contributed by atoms with E-state index in [0.717, 1.165) is 166 Å². The summed E-state index contributed by atoms with van der Waals surface area (Å²) in [4.78, 5) is 21.8. The van der Waals surface area contributed by atoms with Gasteiger partial charge in [-0.25, -0.2) is 19.9 Å². The first-order valence-electron chi connectivity index (χ1n) is 44.1. The van der Waals surface area contributed by atoms with Crippen molar-refractivity contribution in [1.82, 2.24) is 38.2 Å². The fraction of sp³-hybridized carbons (Fsp3) is 0. The van der Waals surface area contributed by atoms with E-state index < -0.39 is 0 Å². The smallest absolute Gasteiger partial charge is 0.235 e. The quantitative estimate of drug-likeness (QED) is 0.136. The van der Waals surface area contributed by atoms with Crippen LogP contribution in [0.25, 0.3) is 263 Å². The lowest BCUT2D eigenvalue weighted by atomic mass is 9.99. The second kappa shape index (κ2) is 29.2. The zero-order valence-electron chi connectivity index (χ0n) is 70.0. The molecule has 28 aromatic rings. The Bertz CT molecular complexity index is 8860. The second-order valence-corrected chi connectivity index (χ2v) is 34.9. The normalized spacial score (nSPS) is 12.0. The molecule has 0 spiro atoms. The van der Waals surface area contributed by atoms with E-state index in [1.807, 2.05) is 23.5 Å². The van der Waals surface area contributed by atoms with Crippen LogP contribution in [0.2, 0.25) is 0 Å². The Labute approximate surface area is 748 Å². The van der Waals surface area contributed by atoms with Gasteiger partial charge in [-0.1, -0.05) is 328 Å². The minimum atomic E-state index is 0.631. The molecule has 0 bridgehead atoms. The Morgan fingerprint density at radius 3 is 0.885 bits per heavy atom. The summed E-state index contributed by atoms with van der Waals surface area (Å²) >= 11 is 1.87. The predicted molar refractivity (Wildman–Crippen MR) is 544 cm³/mol. The van der Waals surface area contributed by atoms with Crippen LogP contribution in [0.5, 0.6) is 0 Å². The molecule has 8 heterocycles. The number of fused-ring (bicyclic) bond motifs is 22. The number of hydrogen-bond donors (Lipinski definition) is 0. The Kier molecular flexibility index (Phi) is 16.4. The van der Waals surface area contributed by atoms with Crippen LogP contribution < -0.4 is 0 Å². The van der Waals surface area contributed by atoms with E-state index in [-0.39, 0.29) is 0 Å². The highest BCUT2D eigenvalue weighted by molar-refractivity contribution is 7.26. The predicted octanol–water partition coefficient (Wildman–Crippen LogP) is 32.2. The molecule has 28 rings (SSSR count). The monoisotopic (exact) mass is 1670 g/mol. The molecular weight excluding hydrogens is 1600 g/mol. The van der Waals surface area contributed by atoms with E-state index in [0.29, 0.717) is 11.9 Å². The van der Waals surface area contributed by atoms with Crippen molar-refractivity contribution in [1.29, 1.82) is 0 Å². The lowest BCUT2D eigenvalue weighted by Gasteiger charge is -2.14. The summed E-state index contributed by atoms with van der Waals surface area (Å²) in [5.74, 6) is 1.27. The molecule has 0 aliphatic heterocycles. The van der Waals surface area contributed by atoms with Crippen LogP contribution in [-0.4, -0.2) is 38.2 Å². The number of aromatic nitrogens is 8. The molecule has 0 saturated heterocycles. The summed E-state index contributed by atoms with van der Waals surface area (Å²) in [6.45, 7) is 0. The Morgan fingerprint density at radius 2 is 0.477 bits per heavy atom. The van der Waals surface area contributed by atoms with Crippen molar-refractivity contribution in [3.05, 3.63) is 437 Å². The number of nitrogens with zero attached hydrogens (tertiary/aromatic N) is 8. The first kappa shape index (κ1) is 73.2. The number of rotatable bonds is 10. The van der Waals surface area contributed by atoms with Gasteiger partial charge in [0.15, 0.2) is 5.58 Å². The Balaban J connectivity index is 0.000000134. The highest BCUT2D eigenvalue weighted by Gasteiger charge is 2.26. The van der Waals surface area contributed by atoms with Crippen molar-refractivity contribution < 1.29 is 4.42 Å². The van der Waals surface area contributed by atoms with Crippen LogP contribution in [-0.2, 0) is 0 Å². The van der Waals surface area contributed by atoms with Gasteiger partial charge in [0.25, 0.3) is 0 Å². The highest BCUT2D eigenvalue weighted by Crippen LogP contribution is 2.47. The topological polar surface area (TPSA) is 84.4 Å². The second-order valence-electron chi connectivity index (χ2n) is 33.8.